The van der Waals surface area contributed by atoms with E-state index in [4.69, 9.17) is 0 Å². The van der Waals surface area contributed by atoms with Gasteiger partial charge >= 0.3 is 0 Å². The van der Waals surface area contributed by atoms with Crippen molar-refractivity contribution in [3.05, 3.63) is 57.6 Å². The molecule has 2 aromatic carbocycles. The molecule has 4 saturated carbocycles. The van der Waals surface area contributed by atoms with Crippen molar-refractivity contribution in [2.75, 3.05) is 0 Å². The van der Waals surface area contributed by atoms with Crippen molar-refractivity contribution in [1.82, 2.24) is 0 Å². The third-order valence-corrected chi connectivity index (χ3v) is 9.62. The first-order chi connectivity index (χ1) is 15.7. The van der Waals surface area contributed by atoms with E-state index >= 15 is 0 Å². The molecule has 34 heavy (non-hydrogen) atoms. The van der Waals surface area contributed by atoms with Gasteiger partial charge in [0.2, 0.25) is 0 Å². The van der Waals surface area contributed by atoms with Gasteiger partial charge in [0, 0.05) is 5.41 Å². The topological polar surface area (TPSA) is 40.5 Å². The van der Waals surface area contributed by atoms with Crippen molar-refractivity contribution in [3.63, 3.8) is 0 Å². The van der Waals surface area contributed by atoms with Gasteiger partial charge in [0.05, 0.1) is 0 Å². The van der Waals surface area contributed by atoms with Crippen LogP contribution in [0.2, 0.25) is 0 Å². The molecule has 4 bridgehead atoms. The van der Waals surface area contributed by atoms with Crippen LogP contribution in [0, 0.1) is 37.5 Å². The third kappa shape index (κ3) is 3.42. The van der Waals surface area contributed by atoms with Gasteiger partial charge in [0.25, 0.3) is 0 Å². The van der Waals surface area contributed by atoms with Crippen LogP contribution >= 0.6 is 0 Å². The molecule has 0 saturated heterocycles. The first kappa shape index (κ1) is 23.8. The maximum atomic E-state index is 11.0. The summed E-state index contributed by atoms with van der Waals surface area (Å²) in [6.07, 6.45) is 6.66. The molecule has 0 heterocycles. The second-order valence-corrected chi connectivity index (χ2v) is 14.0. The number of rotatable bonds is 2. The number of hydrogen-bond acceptors (Lipinski definition) is 2. The average Bonchev–Trinajstić information content (AvgIpc) is 2.67. The highest BCUT2D eigenvalue weighted by molar-refractivity contribution is 5.57. The number of phenols is 2. The second-order valence-electron chi connectivity index (χ2n) is 14.0. The molecule has 2 N–H and O–H groups in total. The molecule has 184 valence electrons. The number of hydrogen-bond donors (Lipinski definition) is 2. The second kappa shape index (κ2) is 7.52. The molecule has 2 aromatic rings. The van der Waals surface area contributed by atoms with Crippen LogP contribution in [0.3, 0.4) is 0 Å². The first-order valence-electron chi connectivity index (χ1n) is 13.4. The molecule has 0 aliphatic heterocycles. The molecule has 6 rings (SSSR count). The van der Waals surface area contributed by atoms with E-state index in [0.717, 1.165) is 23.0 Å². The van der Waals surface area contributed by atoms with Crippen molar-refractivity contribution in [1.29, 1.82) is 0 Å². The minimum absolute atomic E-state index is 0.0526. The van der Waals surface area contributed by atoms with Crippen LogP contribution in [-0.2, 0) is 16.2 Å². The molecule has 4 aliphatic rings. The van der Waals surface area contributed by atoms with Crippen molar-refractivity contribution in [2.45, 2.75) is 104 Å². The summed E-state index contributed by atoms with van der Waals surface area (Å²) in [5, 5.41) is 21.9. The van der Waals surface area contributed by atoms with E-state index in [0.29, 0.717) is 23.3 Å². The Balaban J connectivity index is 1.85. The van der Waals surface area contributed by atoms with Crippen molar-refractivity contribution < 1.29 is 10.2 Å². The molecular weight excluding hydrogens is 416 g/mol. The van der Waals surface area contributed by atoms with Crippen molar-refractivity contribution in [3.8, 4) is 11.5 Å². The lowest BCUT2D eigenvalue weighted by atomic mass is 9.41. The Labute approximate surface area is 206 Å². The van der Waals surface area contributed by atoms with E-state index < -0.39 is 0 Å². The summed E-state index contributed by atoms with van der Waals surface area (Å²) in [6, 6.07) is 8.80. The Morgan fingerprint density at radius 3 is 1.29 bits per heavy atom. The van der Waals surface area contributed by atoms with Crippen LogP contribution in [-0.4, -0.2) is 10.2 Å². The molecule has 4 fully saturated rings. The normalized spacial score (nSPS) is 27.9. The monoisotopic (exact) mass is 460 g/mol. The minimum Gasteiger partial charge on any atom is -0.508 e. The highest BCUT2D eigenvalue weighted by Gasteiger charge is 2.59. The fourth-order valence-corrected chi connectivity index (χ4v) is 8.43. The van der Waals surface area contributed by atoms with Crippen LogP contribution in [0.4, 0.5) is 0 Å². The Hall–Kier alpha value is -1.96. The van der Waals surface area contributed by atoms with Gasteiger partial charge in [-0.2, -0.15) is 0 Å². The molecule has 0 atom stereocenters. The summed E-state index contributed by atoms with van der Waals surface area (Å²) in [7, 11) is 0. The van der Waals surface area contributed by atoms with Crippen LogP contribution in [0.1, 0.15) is 107 Å². The standard InChI is InChI=1S/C32H44O2/c1-18-9-28(33)26(30(3,4)5)16-24(18)32(22-12-20-11-21(14-22)15-23(32)13-20)25-17-27(31(6,7)8)29(34)10-19(25)2/h9-10,16-17,20-23,33-34H,11-15H2,1-8H3. The molecule has 2 nitrogen and oxygen atoms in total. The Kier molecular flexibility index (Phi) is 5.26. The van der Waals surface area contributed by atoms with Gasteiger partial charge in [-0.3, -0.25) is 0 Å². The SMILES string of the molecule is Cc1cc(O)c(C(C)(C)C)cc1C1(c2cc(C(C)(C)C)c(O)cc2C)C2CC3CC(C2)CC1C3. The summed E-state index contributed by atoms with van der Waals surface area (Å²) < 4.78 is 0. The Morgan fingerprint density at radius 2 is 0.971 bits per heavy atom. The van der Waals surface area contributed by atoms with Gasteiger partial charge < -0.3 is 10.2 Å². The number of aromatic hydroxyl groups is 2. The van der Waals surface area contributed by atoms with Crippen LogP contribution in [0.25, 0.3) is 0 Å². The molecule has 0 radical (unpaired) electrons. The number of benzene rings is 2. The summed E-state index contributed by atoms with van der Waals surface area (Å²) in [5.41, 5.74) is 7.08. The number of phenolic OH excluding ortho intramolecular Hbond substituents is 2. The maximum absolute atomic E-state index is 11.0. The van der Waals surface area contributed by atoms with E-state index in [2.05, 4.69) is 67.5 Å². The molecule has 0 spiro atoms. The van der Waals surface area contributed by atoms with Gasteiger partial charge in [0.1, 0.15) is 11.5 Å². The maximum Gasteiger partial charge on any atom is 0.119 e. The summed E-state index contributed by atoms with van der Waals surface area (Å²) in [6.45, 7) is 17.6. The van der Waals surface area contributed by atoms with Crippen LogP contribution in [0.5, 0.6) is 11.5 Å². The largest absolute Gasteiger partial charge is 0.508 e. The highest BCUT2D eigenvalue weighted by atomic mass is 16.3. The van der Waals surface area contributed by atoms with Crippen molar-refractivity contribution >= 4 is 0 Å². The van der Waals surface area contributed by atoms with E-state index in [1.807, 2.05) is 12.1 Å². The molecule has 0 aromatic heterocycles. The Bertz CT molecular complexity index is 1030. The van der Waals surface area contributed by atoms with Gasteiger partial charge in [-0.15, -0.1) is 0 Å². The third-order valence-electron chi connectivity index (χ3n) is 9.62. The minimum atomic E-state index is -0.125. The fourth-order valence-electron chi connectivity index (χ4n) is 8.43. The summed E-state index contributed by atoms with van der Waals surface area (Å²) in [4.78, 5) is 0. The van der Waals surface area contributed by atoms with E-state index in [9.17, 15) is 10.2 Å². The Morgan fingerprint density at radius 1 is 0.618 bits per heavy atom. The zero-order chi connectivity index (χ0) is 24.8. The highest BCUT2D eigenvalue weighted by Crippen LogP contribution is 2.66. The summed E-state index contributed by atoms with van der Waals surface area (Å²) >= 11 is 0. The molecule has 0 amide bonds. The van der Waals surface area contributed by atoms with Gasteiger partial charge in [-0.05, 0) is 126 Å². The average molecular weight is 461 g/mol. The fraction of sp³-hybridized carbons (Fsp3) is 0.625. The zero-order valence-corrected chi connectivity index (χ0v) is 22.5. The predicted octanol–water partition coefficient (Wildman–Crippen LogP) is 8.05. The summed E-state index contributed by atoms with van der Waals surface area (Å²) in [5.74, 6) is 3.83. The van der Waals surface area contributed by atoms with E-state index in [1.165, 1.54) is 54.4 Å². The van der Waals surface area contributed by atoms with Gasteiger partial charge in [0.15, 0.2) is 0 Å². The zero-order valence-electron chi connectivity index (χ0n) is 22.5. The van der Waals surface area contributed by atoms with E-state index in [-0.39, 0.29) is 16.2 Å². The van der Waals surface area contributed by atoms with E-state index in [1.54, 1.807) is 0 Å². The number of aryl methyl sites for hydroxylation is 2. The quantitative estimate of drug-likeness (QED) is 0.476. The molecule has 4 aliphatic carbocycles. The molecule has 2 heteroatoms. The molecule has 0 unspecified atom stereocenters. The lowest BCUT2D eigenvalue weighted by molar-refractivity contribution is -0.0424. The molecular formula is C32H44O2. The van der Waals surface area contributed by atoms with Gasteiger partial charge in [-0.1, -0.05) is 53.7 Å². The lowest BCUT2D eigenvalue weighted by Crippen LogP contribution is -2.56. The smallest absolute Gasteiger partial charge is 0.119 e. The predicted molar refractivity (Wildman–Crippen MR) is 141 cm³/mol. The first-order valence-corrected chi connectivity index (χ1v) is 13.4. The van der Waals surface area contributed by atoms with Crippen molar-refractivity contribution in [2.24, 2.45) is 23.7 Å². The van der Waals surface area contributed by atoms with Gasteiger partial charge in [-0.25, -0.2) is 0 Å². The van der Waals surface area contributed by atoms with Crippen LogP contribution in [0.15, 0.2) is 24.3 Å². The lowest BCUT2D eigenvalue weighted by Gasteiger charge is -2.62. The van der Waals surface area contributed by atoms with Crippen LogP contribution < -0.4 is 0 Å².